The van der Waals surface area contributed by atoms with Crippen LogP contribution in [0.2, 0.25) is 0 Å². The first-order valence-corrected chi connectivity index (χ1v) is 5.62. The van der Waals surface area contributed by atoms with E-state index in [1.807, 2.05) is 30.5 Å². The Morgan fingerprint density at radius 2 is 2.22 bits per heavy atom. The van der Waals surface area contributed by atoms with E-state index in [1.165, 1.54) is 0 Å². The normalized spacial score (nSPS) is 19.6. The first-order valence-electron chi connectivity index (χ1n) is 5.62. The molecule has 1 aromatic carbocycles. The van der Waals surface area contributed by atoms with Gasteiger partial charge in [0.05, 0.1) is 18.8 Å². The Bertz CT molecular complexity index is 656. The van der Waals surface area contributed by atoms with Crippen LogP contribution in [0.4, 0.5) is 4.79 Å². The monoisotopic (exact) mass is 241 g/mol. The number of likely N-dealkylation sites (N-methyl/N-ethyl adjacent to an activating group) is 1. The van der Waals surface area contributed by atoms with Gasteiger partial charge in [0.1, 0.15) is 5.58 Å². The Morgan fingerprint density at radius 3 is 2.94 bits per heavy atom. The van der Waals surface area contributed by atoms with Crippen LogP contribution in [-0.4, -0.2) is 29.4 Å². The van der Waals surface area contributed by atoms with Gasteiger partial charge in [-0.15, -0.1) is 0 Å². The summed E-state index contributed by atoms with van der Waals surface area (Å²) in [6.45, 7) is 0.370. The van der Waals surface area contributed by atoms with Crippen molar-refractivity contribution in [3.8, 4) is 6.19 Å². The summed E-state index contributed by atoms with van der Waals surface area (Å²) in [5.41, 5.74) is 1.74. The maximum absolute atomic E-state index is 11.8. The summed E-state index contributed by atoms with van der Waals surface area (Å²) in [4.78, 5) is 14.5. The van der Waals surface area contributed by atoms with Gasteiger partial charge in [-0.1, -0.05) is 18.2 Å². The smallest absolute Gasteiger partial charge is 0.333 e. The molecule has 1 unspecified atom stereocenters. The molecule has 5 heteroatoms. The predicted octanol–water partition coefficient (Wildman–Crippen LogP) is 2.32. The molecule has 2 aromatic rings. The van der Waals surface area contributed by atoms with Gasteiger partial charge in [-0.25, -0.2) is 9.69 Å². The van der Waals surface area contributed by atoms with Crippen molar-refractivity contribution in [1.29, 1.82) is 5.26 Å². The van der Waals surface area contributed by atoms with Crippen LogP contribution in [-0.2, 0) is 0 Å². The van der Waals surface area contributed by atoms with Gasteiger partial charge in [0.2, 0.25) is 0 Å². The number of nitriles is 1. The molecule has 0 spiro atoms. The van der Waals surface area contributed by atoms with E-state index in [4.69, 9.17) is 9.68 Å². The number of hydrogen-bond donors (Lipinski definition) is 0. The molecule has 90 valence electrons. The van der Waals surface area contributed by atoms with E-state index < -0.39 is 0 Å². The number of nitrogens with zero attached hydrogens (tertiary/aromatic N) is 3. The maximum Gasteiger partial charge on any atom is 0.333 e. The minimum atomic E-state index is -0.271. The summed E-state index contributed by atoms with van der Waals surface area (Å²) in [7, 11) is 1.70. The van der Waals surface area contributed by atoms with Crippen molar-refractivity contribution in [3.05, 3.63) is 36.1 Å². The van der Waals surface area contributed by atoms with Crippen LogP contribution < -0.4 is 0 Å². The van der Waals surface area contributed by atoms with Crippen molar-refractivity contribution in [2.75, 3.05) is 13.6 Å². The summed E-state index contributed by atoms with van der Waals surface area (Å²) in [6, 6.07) is 7.27. The lowest BCUT2D eigenvalue weighted by Crippen LogP contribution is -2.26. The molecule has 0 aliphatic carbocycles. The highest BCUT2D eigenvalue weighted by Crippen LogP contribution is 2.33. The fourth-order valence-electron chi connectivity index (χ4n) is 2.34. The SMILES string of the molecule is CN1C(=O)N(C#N)CC1c1coc2ccccc12. The fraction of sp³-hybridized carbons (Fsp3) is 0.231. The van der Waals surface area contributed by atoms with Gasteiger partial charge < -0.3 is 9.32 Å². The number of para-hydroxylation sites is 1. The van der Waals surface area contributed by atoms with Gasteiger partial charge in [-0.05, 0) is 6.07 Å². The number of fused-ring (bicyclic) bond motifs is 1. The summed E-state index contributed by atoms with van der Waals surface area (Å²) < 4.78 is 5.47. The Balaban J connectivity index is 2.06. The zero-order valence-corrected chi connectivity index (χ0v) is 9.83. The van der Waals surface area contributed by atoms with Gasteiger partial charge in [-0.2, -0.15) is 5.26 Å². The largest absolute Gasteiger partial charge is 0.464 e. The fourth-order valence-corrected chi connectivity index (χ4v) is 2.34. The van der Waals surface area contributed by atoms with Gasteiger partial charge in [0, 0.05) is 18.0 Å². The van der Waals surface area contributed by atoms with Crippen LogP contribution in [0.15, 0.2) is 34.9 Å². The molecular weight excluding hydrogens is 230 g/mol. The molecule has 5 nitrogen and oxygen atoms in total. The molecule has 0 N–H and O–H groups in total. The summed E-state index contributed by atoms with van der Waals surface area (Å²) in [6.07, 6.45) is 3.56. The van der Waals surface area contributed by atoms with Crippen molar-refractivity contribution in [2.45, 2.75) is 6.04 Å². The molecule has 0 saturated carbocycles. The van der Waals surface area contributed by atoms with Crippen LogP contribution in [0.1, 0.15) is 11.6 Å². The van der Waals surface area contributed by atoms with Crippen molar-refractivity contribution in [3.63, 3.8) is 0 Å². The molecule has 0 bridgehead atoms. The molecular formula is C13H11N3O2. The van der Waals surface area contributed by atoms with Gasteiger partial charge in [-0.3, -0.25) is 0 Å². The van der Waals surface area contributed by atoms with E-state index in [2.05, 4.69) is 0 Å². The van der Waals surface area contributed by atoms with Crippen molar-refractivity contribution in [1.82, 2.24) is 9.80 Å². The number of furan rings is 1. The third-order valence-corrected chi connectivity index (χ3v) is 3.35. The van der Waals surface area contributed by atoms with E-state index in [-0.39, 0.29) is 12.1 Å². The lowest BCUT2D eigenvalue weighted by molar-refractivity contribution is 0.205. The predicted molar refractivity (Wildman–Crippen MR) is 64.4 cm³/mol. The second-order valence-corrected chi connectivity index (χ2v) is 4.31. The average molecular weight is 241 g/mol. The molecule has 2 heterocycles. The van der Waals surface area contributed by atoms with Gasteiger partial charge >= 0.3 is 6.03 Å². The molecule has 1 saturated heterocycles. The molecule has 1 aliphatic rings. The van der Waals surface area contributed by atoms with Crippen molar-refractivity contribution < 1.29 is 9.21 Å². The van der Waals surface area contributed by atoms with Crippen LogP contribution >= 0.6 is 0 Å². The third-order valence-electron chi connectivity index (χ3n) is 3.35. The number of carbonyl (C=O) groups excluding carboxylic acids is 1. The average Bonchev–Trinajstić information content (AvgIpc) is 2.93. The molecule has 1 fully saturated rings. The Labute approximate surface area is 104 Å². The van der Waals surface area contributed by atoms with E-state index >= 15 is 0 Å². The minimum Gasteiger partial charge on any atom is -0.464 e. The molecule has 18 heavy (non-hydrogen) atoms. The number of hydrogen-bond acceptors (Lipinski definition) is 3. The number of amides is 2. The number of carbonyl (C=O) groups is 1. The lowest BCUT2D eigenvalue weighted by atomic mass is 10.1. The van der Waals surface area contributed by atoms with E-state index in [0.717, 1.165) is 21.4 Å². The minimum absolute atomic E-state index is 0.138. The molecule has 2 amide bonds. The molecule has 1 aliphatic heterocycles. The quantitative estimate of drug-likeness (QED) is 0.720. The topological polar surface area (TPSA) is 60.5 Å². The lowest BCUT2D eigenvalue weighted by Gasteiger charge is -2.16. The highest BCUT2D eigenvalue weighted by atomic mass is 16.3. The second-order valence-electron chi connectivity index (χ2n) is 4.31. The molecule has 1 aromatic heterocycles. The summed E-state index contributed by atoms with van der Waals surface area (Å²) in [5, 5.41) is 9.88. The number of benzene rings is 1. The van der Waals surface area contributed by atoms with Crippen LogP contribution in [0.5, 0.6) is 0 Å². The highest BCUT2D eigenvalue weighted by molar-refractivity contribution is 5.84. The summed E-state index contributed by atoms with van der Waals surface area (Å²) >= 11 is 0. The van der Waals surface area contributed by atoms with Gasteiger partial charge in [0.25, 0.3) is 0 Å². The Kier molecular flexibility index (Phi) is 2.23. The van der Waals surface area contributed by atoms with Crippen LogP contribution in [0.3, 0.4) is 0 Å². The maximum atomic E-state index is 11.8. The highest BCUT2D eigenvalue weighted by Gasteiger charge is 2.37. The summed E-state index contributed by atoms with van der Waals surface area (Å²) in [5.74, 6) is 0. The molecule has 3 rings (SSSR count). The number of urea groups is 1. The Hall–Kier alpha value is -2.48. The number of rotatable bonds is 1. The Morgan fingerprint density at radius 1 is 1.44 bits per heavy atom. The van der Waals surface area contributed by atoms with Crippen LogP contribution in [0, 0.1) is 11.5 Å². The first kappa shape index (κ1) is 10.7. The molecule has 0 radical (unpaired) electrons. The van der Waals surface area contributed by atoms with E-state index in [0.29, 0.717) is 6.54 Å². The van der Waals surface area contributed by atoms with Crippen LogP contribution in [0.25, 0.3) is 11.0 Å². The standard InChI is InChI=1S/C13H11N3O2/c1-15-11(6-16(8-14)13(15)17)10-7-18-12-5-3-2-4-9(10)12/h2-5,7,11H,6H2,1H3. The van der Waals surface area contributed by atoms with Gasteiger partial charge in [0.15, 0.2) is 6.19 Å². The van der Waals surface area contributed by atoms with Crippen molar-refractivity contribution in [2.24, 2.45) is 0 Å². The van der Waals surface area contributed by atoms with E-state index in [9.17, 15) is 4.79 Å². The first-order chi connectivity index (χ1) is 8.72. The second kappa shape index (κ2) is 3.77. The zero-order valence-electron chi connectivity index (χ0n) is 9.83. The zero-order chi connectivity index (χ0) is 12.7. The van der Waals surface area contributed by atoms with E-state index in [1.54, 1.807) is 18.2 Å². The third kappa shape index (κ3) is 1.36. The van der Waals surface area contributed by atoms with Crippen molar-refractivity contribution >= 4 is 17.0 Å². The molecule has 1 atom stereocenters.